The highest BCUT2D eigenvalue weighted by atomic mass is 31.2. The summed E-state index contributed by atoms with van der Waals surface area (Å²) in [6.45, 7) is 1.70. The molecule has 0 amide bonds. The van der Waals surface area contributed by atoms with E-state index >= 15 is 0 Å². The molecule has 0 spiro atoms. The van der Waals surface area contributed by atoms with Crippen molar-refractivity contribution in [2.75, 3.05) is 0 Å². The maximum absolute atomic E-state index is 10.9. The third kappa shape index (κ3) is 2.91. The fourth-order valence-corrected chi connectivity index (χ4v) is 1.78. The highest BCUT2D eigenvalue weighted by molar-refractivity contribution is 7.54. The number of aliphatic carboxylic acids is 1. The van der Waals surface area contributed by atoms with Gasteiger partial charge in [-0.3, -0.25) is 9.36 Å². The number of carbonyl (C=O) groups is 1. The van der Waals surface area contributed by atoms with Crippen molar-refractivity contribution in [2.24, 2.45) is 5.90 Å². The Morgan fingerprint density at radius 3 is 2.50 bits per heavy atom. The van der Waals surface area contributed by atoms with Gasteiger partial charge in [-0.25, -0.2) is 10.5 Å². The van der Waals surface area contributed by atoms with E-state index in [9.17, 15) is 9.36 Å². The van der Waals surface area contributed by atoms with Gasteiger partial charge >= 0.3 is 13.6 Å². The van der Waals surface area contributed by atoms with E-state index in [1.54, 1.807) is 6.92 Å². The molecule has 4 N–H and O–H groups in total. The Bertz CT molecular complexity index is 206. The summed E-state index contributed by atoms with van der Waals surface area (Å²) in [6, 6.07) is 0. The molecule has 0 aliphatic heterocycles. The van der Waals surface area contributed by atoms with Gasteiger partial charge in [0.2, 0.25) is 0 Å². The van der Waals surface area contributed by atoms with Gasteiger partial charge in [0.1, 0.15) is 0 Å². The lowest BCUT2D eigenvalue weighted by Gasteiger charge is -2.15. The molecule has 7 heteroatoms. The normalized spacial score (nSPS) is 18.2. The van der Waals surface area contributed by atoms with Crippen molar-refractivity contribution in [1.82, 2.24) is 0 Å². The van der Waals surface area contributed by atoms with Crippen LogP contribution >= 0.6 is 7.60 Å². The second-order valence-corrected chi connectivity index (χ2v) is 4.27. The molecule has 0 aliphatic rings. The van der Waals surface area contributed by atoms with Gasteiger partial charge in [-0.15, -0.1) is 0 Å². The van der Waals surface area contributed by atoms with Gasteiger partial charge in [0.05, 0.1) is 0 Å². The Morgan fingerprint density at radius 1 is 1.75 bits per heavy atom. The van der Waals surface area contributed by atoms with E-state index in [1.165, 1.54) is 0 Å². The Labute approximate surface area is 69.8 Å². The van der Waals surface area contributed by atoms with Gasteiger partial charge in [0.25, 0.3) is 0 Å². The quantitative estimate of drug-likeness (QED) is 0.432. The van der Waals surface area contributed by atoms with Crippen LogP contribution in [0.1, 0.15) is 19.8 Å². The molecule has 0 heterocycles. The first-order valence-electron chi connectivity index (χ1n) is 3.39. The van der Waals surface area contributed by atoms with Crippen LogP contribution in [0.25, 0.3) is 0 Å². The highest BCUT2D eigenvalue weighted by Gasteiger charge is 2.37. The second kappa shape index (κ2) is 4.57. The third-order valence-corrected chi connectivity index (χ3v) is 2.96. The zero-order chi connectivity index (χ0) is 9.78. The fraction of sp³-hybridized carbons (Fsp3) is 0.800. The van der Waals surface area contributed by atoms with E-state index in [-0.39, 0.29) is 6.42 Å². The number of rotatable bonds is 5. The second-order valence-electron chi connectivity index (χ2n) is 2.31. The van der Waals surface area contributed by atoms with Crippen LogP contribution in [0.4, 0.5) is 0 Å². The Hall–Kier alpha value is -0.420. The standard InChI is InChI=1S/C5H12NO5P/c1-2-3-4(5(7)8)12(9,10)11-6/h4H,2-3,6H2,1H3,(H,7,8)(H,9,10). The molecule has 6 nitrogen and oxygen atoms in total. The van der Waals surface area contributed by atoms with Crippen LogP contribution in [0.5, 0.6) is 0 Å². The summed E-state index contributed by atoms with van der Waals surface area (Å²) < 4.78 is 14.7. The molecule has 0 aliphatic carbocycles. The van der Waals surface area contributed by atoms with Gasteiger partial charge in [-0.05, 0) is 6.42 Å². The van der Waals surface area contributed by atoms with E-state index in [2.05, 4.69) is 10.5 Å². The van der Waals surface area contributed by atoms with Gasteiger partial charge in [0.15, 0.2) is 5.66 Å². The summed E-state index contributed by atoms with van der Waals surface area (Å²) in [4.78, 5) is 19.3. The minimum absolute atomic E-state index is 0.0698. The van der Waals surface area contributed by atoms with Crippen molar-refractivity contribution < 1.29 is 24.0 Å². The summed E-state index contributed by atoms with van der Waals surface area (Å²) in [7, 11) is -4.18. The van der Waals surface area contributed by atoms with Gasteiger partial charge in [-0.2, -0.15) is 0 Å². The van der Waals surface area contributed by atoms with E-state index in [0.29, 0.717) is 6.42 Å². The Morgan fingerprint density at radius 2 is 2.25 bits per heavy atom. The maximum atomic E-state index is 10.9. The third-order valence-electron chi connectivity index (χ3n) is 1.39. The predicted octanol–water partition coefficient (Wildman–Crippen LogP) is 0.315. The Kier molecular flexibility index (Phi) is 4.41. The zero-order valence-corrected chi connectivity index (χ0v) is 7.53. The van der Waals surface area contributed by atoms with Crippen LogP contribution < -0.4 is 5.90 Å². The van der Waals surface area contributed by atoms with Crippen LogP contribution in [0, 0.1) is 0 Å². The fourth-order valence-electron chi connectivity index (χ4n) is 0.773. The lowest BCUT2D eigenvalue weighted by Crippen LogP contribution is -2.22. The van der Waals surface area contributed by atoms with E-state index in [1.807, 2.05) is 0 Å². The first kappa shape index (κ1) is 11.6. The van der Waals surface area contributed by atoms with Crippen molar-refractivity contribution in [1.29, 1.82) is 0 Å². The monoisotopic (exact) mass is 197 g/mol. The van der Waals surface area contributed by atoms with E-state index < -0.39 is 19.2 Å². The average Bonchev–Trinajstić information content (AvgIpc) is 1.99. The minimum Gasteiger partial charge on any atom is -0.481 e. The molecule has 0 aromatic heterocycles. The van der Waals surface area contributed by atoms with Crippen molar-refractivity contribution >= 4 is 13.6 Å². The van der Waals surface area contributed by atoms with E-state index in [4.69, 9.17) is 10.00 Å². The topological polar surface area (TPSA) is 110 Å². The van der Waals surface area contributed by atoms with Crippen molar-refractivity contribution in [3.63, 3.8) is 0 Å². The van der Waals surface area contributed by atoms with Crippen LogP contribution in [0.15, 0.2) is 0 Å². The van der Waals surface area contributed by atoms with Crippen molar-refractivity contribution in [3.05, 3.63) is 0 Å². The molecular formula is C5H12NO5P. The molecule has 72 valence electrons. The molecule has 2 atom stereocenters. The lowest BCUT2D eigenvalue weighted by atomic mass is 10.2. The summed E-state index contributed by atoms with van der Waals surface area (Å²) in [5.41, 5.74) is -1.42. The first-order valence-corrected chi connectivity index (χ1v) is 5.04. The number of carboxylic acids is 1. The smallest absolute Gasteiger partial charge is 0.358 e. The molecule has 0 saturated carbocycles. The van der Waals surface area contributed by atoms with Gasteiger partial charge < -0.3 is 10.00 Å². The summed E-state index contributed by atoms with van der Waals surface area (Å²) >= 11 is 0. The number of nitrogens with two attached hydrogens (primary N) is 1. The van der Waals surface area contributed by atoms with Crippen LogP contribution in [-0.2, 0) is 14.0 Å². The predicted molar refractivity (Wildman–Crippen MR) is 41.4 cm³/mol. The van der Waals surface area contributed by atoms with Crippen molar-refractivity contribution in [2.45, 2.75) is 25.4 Å². The van der Waals surface area contributed by atoms with Crippen molar-refractivity contribution in [3.8, 4) is 0 Å². The van der Waals surface area contributed by atoms with Crippen LogP contribution in [0.2, 0.25) is 0 Å². The first-order chi connectivity index (χ1) is 5.45. The molecule has 0 saturated heterocycles. The zero-order valence-electron chi connectivity index (χ0n) is 6.64. The summed E-state index contributed by atoms with van der Waals surface area (Å²) in [6.07, 6.45) is 0.547. The molecule has 0 aromatic carbocycles. The SMILES string of the molecule is CCCC(C(=O)O)P(=O)(O)ON. The molecule has 0 aromatic rings. The maximum Gasteiger partial charge on any atom is 0.358 e. The summed E-state index contributed by atoms with van der Waals surface area (Å²) in [5.74, 6) is 3.13. The molecule has 0 fully saturated rings. The van der Waals surface area contributed by atoms with E-state index in [0.717, 1.165) is 0 Å². The molecular weight excluding hydrogens is 185 g/mol. The largest absolute Gasteiger partial charge is 0.481 e. The molecule has 2 unspecified atom stereocenters. The van der Waals surface area contributed by atoms with Crippen LogP contribution in [-0.4, -0.2) is 21.6 Å². The van der Waals surface area contributed by atoms with Crippen LogP contribution in [0.3, 0.4) is 0 Å². The summed E-state index contributed by atoms with van der Waals surface area (Å²) in [5, 5.41) is 8.50. The number of hydrogen-bond acceptors (Lipinski definition) is 4. The molecule has 12 heavy (non-hydrogen) atoms. The molecule has 0 radical (unpaired) electrons. The minimum atomic E-state index is -4.18. The van der Waals surface area contributed by atoms with Gasteiger partial charge in [-0.1, -0.05) is 13.3 Å². The molecule has 0 rings (SSSR count). The lowest BCUT2D eigenvalue weighted by molar-refractivity contribution is -0.137. The Balaban J connectivity index is 4.50. The van der Waals surface area contributed by atoms with Gasteiger partial charge in [0, 0.05) is 0 Å². The molecule has 0 bridgehead atoms. The number of hydrogen-bond donors (Lipinski definition) is 3. The highest BCUT2D eigenvalue weighted by Crippen LogP contribution is 2.47. The average molecular weight is 197 g/mol. The number of carboxylic acid groups (broad SMARTS) is 1.